The van der Waals surface area contributed by atoms with Crippen molar-refractivity contribution in [1.82, 2.24) is 10.3 Å². The lowest BCUT2D eigenvalue weighted by atomic mass is 9.90. The third-order valence-electron chi connectivity index (χ3n) is 4.64. The van der Waals surface area contributed by atoms with E-state index in [1.165, 1.54) is 10.9 Å². The Balaban J connectivity index is 1.91. The average molecular weight is 308 g/mol. The highest BCUT2D eigenvalue weighted by Gasteiger charge is 2.30. The molecule has 0 aliphatic carbocycles. The van der Waals surface area contributed by atoms with E-state index in [0.717, 1.165) is 28.9 Å². The summed E-state index contributed by atoms with van der Waals surface area (Å²) >= 11 is 0. The van der Waals surface area contributed by atoms with Gasteiger partial charge in [0.1, 0.15) is 11.5 Å². The van der Waals surface area contributed by atoms with Crippen LogP contribution in [0.25, 0.3) is 10.9 Å². The van der Waals surface area contributed by atoms with Gasteiger partial charge in [-0.3, -0.25) is 0 Å². The Bertz CT molecular complexity index is 869. The molecule has 2 aromatic carbocycles. The summed E-state index contributed by atoms with van der Waals surface area (Å²) in [6, 6.07) is 14.0. The molecule has 0 radical (unpaired) electrons. The number of nitrogens with one attached hydrogen (secondary N) is 2. The molecule has 2 atom stereocenters. The number of ether oxygens (including phenoxy) is 1. The van der Waals surface area contributed by atoms with E-state index in [2.05, 4.69) is 35.4 Å². The van der Waals surface area contributed by atoms with E-state index in [9.17, 15) is 5.11 Å². The number of fused-ring (bicyclic) bond motifs is 3. The highest BCUT2D eigenvalue weighted by atomic mass is 16.5. The highest BCUT2D eigenvalue weighted by molar-refractivity contribution is 5.85. The number of methoxy groups -OCH3 is 1. The molecule has 4 heteroatoms. The number of aromatic amines is 1. The maximum absolute atomic E-state index is 10.4. The molecule has 118 valence electrons. The number of aromatic hydroxyl groups is 1. The quantitative estimate of drug-likeness (QED) is 0.679. The van der Waals surface area contributed by atoms with Gasteiger partial charge in [0.25, 0.3) is 0 Å². The summed E-state index contributed by atoms with van der Waals surface area (Å²) in [7, 11) is 1.64. The zero-order valence-corrected chi connectivity index (χ0v) is 13.3. The molecular formula is C19H20N2O2. The Morgan fingerprint density at radius 3 is 2.83 bits per heavy atom. The number of para-hydroxylation sites is 1. The number of H-pyrrole nitrogens is 1. The average Bonchev–Trinajstić information content (AvgIpc) is 2.93. The summed E-state index contributed by atoms with van der Waals surface area (Å²) in [5.74, 6) is 1.03. The van der Waals surface area contributed by atoms with Crippen molar-refractivity contribution in [3.8, 4) is 11.5 Å². The zero-order valence-electron chi connectivity index (χ0n) is 13.3. The normalized spacial score (nSPS) is 20.4. The Labute approximate surface area is 135 Å². The lowest BCUT2D eigenvalue weighted by Gasteiger charge is -2.30. The van der Waals surface area contributed by atoms with Crippen molar-refractivity contribution in [2.75, 3.05) is 7.11 Å². The fourth-order valence-electron chi connectivity index (χ4n) is 3.56. The van der Waals surface area contributed by atoms with Crippen LogP contribution in [0.3, 0.4) is 0 Å². The number of phenols is 1. The van der Waals surface area contributed by atoms with Crippen molar-refractivity contribution in [2.24, 2.45) is 0 Å². The number of phenolic OH excluding ortho intramolecular Hbond substituents is 1. The van der Waals surface area contributed by atoms with E-state index < -0.39 is 0 Å². The topological polar surface area (TPSA) is 57.3 Å². The smallest absolute Gasteiger partial charge is 0.121 e. The molecule has 0 fully saturated rings. The van der Waals surface area contributed by atoms with Crippen LogP contribution >= 0.6 is 0 Å². The van der Waals surface area contributed by atoms with Crippen LogP contribution in [0.2, 0.25) is 0 Å². The van der Waals surface area contributed by atoms with Gasteiger partial charge in [-0.25, -0.2) is 0 Å². The van der Waals surface area contributed by atoms with Crippen LogP contribution in [0.1, 0.15) is 29.8 Å². The van der Waals surface area contributed by atoms with Crippen LogP contribution in [-0.2, 0) is 6.42 Å². The number of rotatable bonds is 2. The molecule has 0 saturated heterocycles. The van der Waals surface area contributed by atoms with Crippen molar-refractivity contribution < 1.29 is 9.84 Å². The van der Waals surface area contributed by atoms with E-state index in [1.54, 1.807) is 19.2 Å². The molecule has 1 aliphatic heterocycles. The van der Waals surface area contributed by atoms with E-state index in [0.29, 0.717) is 6.04 Å². The number of hydrogen-bond acceptors (Lipinski definition) is 3. The second kappa shape index (κ2) is 5.32. The maximum atomic E-state index is 10.4. The number of hydrogen-bond donors (Lipinski definition) is 3. The van der Waals surface area contributed by atoms with Gasteiger partial charge < -0.3 is 20.1 Å². The van der Waals surface area contributed by atoms with Gasteiger partial charge in [-0.05, 0) is 43.2 Å². The van der Waals surface area contributed by atoms with Crippen LogP contribution in [0.15, 0.2) is 42.5 Å². The highest BCUT2D eigenvalue weighted by Crippen LogP contribution is 2.39. The van der Waals surface area contributed by atoms with Gasteiger partial charge >= 0.3 is 0 Å². The lowest BCUT2D eigenvalue weighted by molar-refractivity contribution is 0.402. The summed E-state index contributed by atoms with van der Waals surface area (Å²) in [6.07, 6.45) is 0.973. The van der Waals surface area contributed by atoms with Gasteiger partial charge in [-0.2, -0.15) is 0 Å². The third kappa shape index (κ3) is 2.26. The minimum atomic E-state index is -0.0729. The molecule has 3 aromatic rings. The van der Waals surface area contributed by atoms with E-state index in [1.807, 2.05) is 12.1 Å². The molecule has 0 unspecified atom stereocenters. The first-order chi connectivity index (χ1) is 11.2. The standard InChI is InChI=1S/C19H20N2O2/c1-11-9-14-13-5-3-4-6-16(13)21-18(14)19(20-11)15-10-12(23-2)7-8-17(15)22/h3-8,10-11,19-22H,9H2,1-2H3/t11-,19+/m0/s1. The van der Waals surface area contributed by atoms with Crippen molar-refractivity contribution in [3.05, 3.63) is 59.3 Å². The first kappa shape index (κ1) is 14.2. The maximum Gasteiger partial charge on any atom is 0.121 e. The molecule has 4 rings (SSSR count). The van der Waals surface area contributed by atoms with Crippen LogP contribution in [0, 0.1) is 0 Å². The second-order valence-electron chi connectivity index (χ2n) is 6.19. The third-order valence-corrected chi connectivity index (χ3v) is 4.64. The summed E-state index contributed by atoms with van der Waals surface area (Å²) in [5, 5.41) is 15.2. The lowest BCUT2D eigenvalue weighted by Crippen LogP contribution is -2.37. The van der Waals surface area contributed by atoms with Gasteiger partial charge in [0, 0.05) is 28.2 Å². The first-order valence-electron chi connectivity index (χ1n) is 7.90. The first-order valence-corrected chi connectivity index (χ1v) is 7.90. The molecule has 0 spiro atoms. The van der Waals surface area contributed by atoms with E-state index in [4.69, 9.17) is 4.74 Å². The molecule has 2 heterocycles. The predicted octanol–water partition coefficient (Wildman–Crippen LogP) is 3.51. The fourth-order valence-corrected chi connectivity index (χ4v) is 3.56. The Morgan fingerprint density at radius 1 is 1.17 bits per heavy atom. The van der Waals surface area contributed by atoms with Crippen molar-refractivity contribution in [2.45, 2.75) is 25.4 Å². The predicted molar refractivity (Wildman–Crippen MR) is 91.1 cm³/mol. The zero-order chi connectivity index (χ0) is 16.0. The van der Waals surface area contributed by atoms with Crippen LogP contribution in [-0.4, -0.2) is 23.2 Å². The molecule has 0 amide bonds. The molecule has 0 saturated carbocycles. The fraction of sp³-hybridized carbons (Fsp3) is 0.263. The van der Waals surface area contributed by atoms with Crippen LogP contribution in [0.4, 0.5) is 0 Å². The Kier molecular flexibility index (Phi) is 3.27. The van der Waals surface area contributed by atoms with Gasteiger partial charge in [0.05, 0.1) is 13.2 Å². The molecule has 0 bridgehead atoms. The van der Waals surface area contributed by atoms with Gasteiger partial charge in [0.2, 0.25) is 0 Å². The minimum absolute atomic E-state index is 0.0729. The van der Waals surface area contributed by atoms with Crippen molar-refractivity contribution >= 4 is 10.9 Å². The molecular weight excluding hydrogens is 288 g/mol. The van der Waals surface area contributed by atoms with Crippen LogP contribution in [0.5, 0.6) is 11.5 Å². The van der Waals surface area contributed by atoms with Gasteiger partial charge in [-0.1, -0.05) is 18.2 Å². The Hall–Kier alpha value is -2.46. The van der Waals surface area contributed by atoms with E-state index in [-0.39, 0.29) is 11.8 Å². The monoisotopic (exact) mass is 308 g/mol. The number of aromatic nitrogens is 1. The van der Waals surface area contributed by atoms with Crippen molar-refractivity contribution in [3.63, 3.8) is 0 Å². The minimum Gasteiger partial charge on any atom is -0.508 e. The summed E-state index contributed by atoms with van der Waals surface area (Å²) < 4.78 is 5.33. The summed E-state index contributed by atoms with van der Waals surface area (Å²) in [6.45, 7) is 2.18. The Morgan fingerprint density at radius 2 is 2.00 bits per heavy atom. The number of benzene rings is 2. The van der Waals surface area contributed by atoms with Gasteiger partial charge in [-0.15, -0.1) is 0 Å². The second-order valence-corrected chi connectivity index (χ2v) is 6.19. The SMILES string of the molecule is COc1ccc(O)c([C@H]2N[C@@H](C)Cc3c2[nH]c2ccccc32)c1. The van der Waals surface area contributed by atoms with Crippen LogP contribution < -0.4 is 10.1 Å². The van der Waals surface area contributed by atoms with E-state index >= 15 is 0 Å². The molecule has 1 aromatic heterocycles. The summed E-state index contributed by atoms with van der Waals surface area (Å²) in [5.41, 5.74) is 4.44. The summed E-state index contributed by atoms with van der Waals surface area (Å²) in [4.78, 5) is 3.54. The molecule has 1 aliphatic rings. The van der Waals surface area contributed by atoms with Crippen molar-refractivity contribution in [1.29, 1.82) is 0 Å². The molecule has 23 heavy (non-hydrogen) atoms. The van der Waals surface area contributed by atoms with Gasteiger partial charge in [0.15, 0.2) is 0 Å². The molecule has 3 N–H and O–H groups in total. The molecule has 4 nitrogen and oxygen atoms in total. The largest absolute Gasteiger partial charge is 0.508 e.